The van der Waals surface area contributed by atoms with Crippen LogP contribution in [-0.4, -0.2) is 31.1 Å². The maximum absolute atomic E-state index is 8.91. The third kappa shape index (κ3) is 2.16. The fraction of sp³-hybridized carbons (Fsp3) is 0.364. The van der Waals surface area contributed by atoms with Crippen molar-refractivity contribution in [2.24, 2.45) is 10.7 Å². The van der Waals surface area contributed by atoms with Gasteiger partial charge in [-0.15, -0.1) is 0 Å². The number of nitrogens with two attached hydrogens (primary N) is 1. The van der Waals surface area contributed by atoms with Crippen LogP contribution < -0.4 is 10.6 Å². The first-order chi connectivity index (χ1) is 7.31. The molecular formula is C11H15N3O. The molecule has 0 radical (unpaired) electrons. The zero-order valence-electron chi connectivity index (χ0n) is 8.50. The molecule has 4 heteroatoms. The van der Waals surface area contributed by atoms with Gasteiger partial charge in [0, 0.05) is 12.2 Å². The number of rotatable bonds is 3. The average molecular weight is 205 g/mol. The first kappa shape index (κ1) is 10.1. The van der Waals surface area contributed by atoms with E-state index in [9.17, 15) is 0 Å². The molecule has 2 rings (SSSR count). The third-order valence-corrected chi connectivity index (χ3v) is 2.54. The Bertz CT molecular complexity index is 347. The topological polar surface area (TPSA) is 61.9 Å². The van der Waals surface area contributed by atoms with E-state index in [0.29, 0.717) is 0 Å². The average Bonchev–Trinajstić information content (AvgIpc) is 2.82. The molecular weight excluding hydrogens is 190 g/mol. The molecule has 1 heterocycles. The maximum Gasteiger partial charge on any atom is 0.0895 e. The van der Waals surface area contributed by atoms with Crippen LogP contribution in [0.4, 0.5) is 5.69 Å². The minimum atomic E-state index is -0.286. The van der Waals surface area contributed by atoms with Crippen LogP contribution in [0.3, 0.4) is 0 Å². The lowest BCUT2D eigenvalue weighted by Crippen LogP contribution is -2.18. The molecule has 0 saturated carbocycles. The van der Waals surface area contributed by atoms with E-state index in [1.807, 2.05) is 30.6 Å². The second-order valence-electron chi connectivity index (χ2n) is 3.60. The van der Waals surface area contributed by atoms with Crippen molar-refractivity contribution in [3.05, 3.63) is 29.8 Å². The number of nitrogens with zero attached hydrogens (tertiary/aromatic N) is 2. The van der Waals surface area contributed by atoms with Gasteiger partial charge in [0.15, 0.2) is 0 Å². The van der Waals surface area contributed by atoms with Crippen LogP contribution in [0.25, 0.3) is 0 Å². The van der Waals surface area contributed by atoms with E-state index >= 15 is 0 Å². The van der Waals surface area contributed by atoms with Crippen LogP contribution >= 0.6 is 0 Å². The van der Waals surface area contributed by atoms with E-state index in [4.69, 9.17) is 10.8 Å². The van der Waals surface area contributed by atoms with E-state index < -0.39 is 0 Å². The minimum absolute atomic E-state index is 0.0233. The molecule has 4 nitrogen and oxygen atoms in total. The van der Waals surface area contributed by atoms with Gasteiger partial charge in [0.05, 0.1) is 25.5 Å². The summed E-state index contributed by atoms with van der Waals surface area (Å²) in [6.45, 7) is 1.77. The molecule has 1 aromatic rings. The highest BCUT2D eigenvalue weighted by Gasteiger charge is 2.09. The molecule has 0 saturated heterocycles. The van der Waals surface area contributed by atoms with Crippen molar-refractivity contribution >= 4 is 12.0 Å². The van der Waals surface area contributed by atoms with Gasteiger partial charge in [0.2, 0.25) is 0 Å². The molecule has 0 amide bonds. The first-order valence-corrected chi connectivity index (χ1v) is 5.04. The van der Waals surface area contributed by atoms with Crippen molar-refractivity contribution in [3.8, 4) is 0 Å². The maximum atomic E-state index is 8.91. The van der Waals surface area contributed by atoms with Gasteiger partial charge in [-0.05, 0) is 17.7 Å². The van der Waals surface area contributed by atoms with Crippen LogP contribution in [0, 0.1) is 0 Å². The molecule has 80 valence electrons. The van der Waals surface area contributed by atoms with Crippen molar-refractivity contribution in [2.75, 3.05) is 24.6 Å². The quantitative estimate of drug-likeness (QED) is 0.756. The van der Waals surface area contributed by atoms with Crippen LogP contribution in [0.15, 0.2) is 29.3 Å². The van der Waals surface area contributed by atoms with Crippen molar-refractivity contribution in [3.63, 3.8) is 0 Å². The molecule has 15 heavy (non-hydrogen) atoms. The summed E-state index contributed by atoms with van der Waals surface area (Å²) in [6.07, 6.45) is 1.85. The fourth-order valence-electron chi connectivity index (χ4n) is 1.59. The number of anilines is 1. The van der Waals surface area contributed by atoms with E-state index in [1.165, 1.54) is 0 Å². The predicted octanol–water partition coefficient (Wildman–Crippen LogP) is 0.527. The molecule has 0 aliphatic carbocycles. The molecule has 1 aromatic carbocycles. The van der Waals surface area contributed by atoms with Gasteiger partial charge in [-0.1, -0.05) is 12.1 Å². The van der Waals surface area contributed by atoms with Crippen LogP contribution in [0.5, 0.6) is 0 Å². The van der Waals surface area contributed by atoms with Gasteiger partial charge in [-0.2, -0.15) is 0 Å². The monoisotopic (exact) mass is 205 g/mol. The molecule has 0 aromatic heterocycles. The Balaban J connectivity index is 2.13. The summed E-state index contributed by atoms with van der Waals surface area (Å²) in [4.78, 5) is 6.24. The summed E-state index contributed by atoms with van der Waals surface area (Å²) < 4.78 is 0. The number of benzene rings is 1. The van der Waals surface area contributed by atoms with Gasteiger partial charge < -0.3 is 15.7 Å². The molecule has 1 aliphatic heterocycles. The molecule has 0 bridgehead atoms. The van der Waals surface area contributed by atoms with E-state index in [-0.39, 0.29) is 12.6 Å². The second-order valence-corrected chi connectivity index (χ2v) is 3.60. The predicted molar refractivity (Wildman–Crippen MR) is 61.2 cm³/mol. The fourth-order valence-corrected chi connectivity index (χ4v) is 1.59. The first-order valence-electron chi connectivity index (χ1n) is 5.04. The van der Waals surface area contributed by atoms with Crippen molar-refractivity contribution < 1.29 is 5.11 Å². The zero-order chi connectivity index (χ0) is 10.7. The lowest BCUT2D eigenvalue weighted by Gasteiger charge is -2.15. The van der Waals surface area contributed by atoms with Crippen LogP contribution in [0.1, 0.15) is 11.6 Å². The summed E-state index contributed by atoms with van der Waals surface area (Å²) in [6, 6.07) is 7.61. The van der Waals surface area contributed by atoms with Crippen molar-refractivity contribution in [1.29, 1.82) is 0 Å². The van der Waals surface area contributed by atoms with Gasteiger partial charge in [0.1, 0.15) is 0 Å². The Morgan fingerprint density at radius 3 is 2.67 bits per heavy atom. The van der Waals surface area contributed by atoms with E-state index in [0.717, 1.165) is 24.3 Å². The van der Waals surface area contributed by atoms with Gasteiger partial charge in [-0.25, -0.2) is 0 Å². The molecule has 0 spiro atoms. The Kier molecular flexibility index (Phi) is 2.99. The van der Waals surface area contributed by atoms with Crippen molar-refractivity contribution in [2.45, 2.75) is 6.04 Å². The highest BCUT2D eigenvalue weighted by molar-refractivity contribution is 5.80. The molecule has 1 unspecified atom stereocenters. The largest absolute Gasteiger partial charge is 0.394 e. The Morgan fingerprint density at radius 1 is 1.40 bits per heavy atom. The third-order valence-electron chi connectivity index (χ3n) is 2.54. The normalized spacial score (nSPS) is 17.1. The standard InChI is InChI=1S/C11H15N3O/c12-11(7-15)9-1-3-10(4-2-9)14-6-5-13-8-14/h1-4,8,11,15H,5-7,12H2. The number of hydrogen-bond acceptors (Lipinski definition) is 4. The number of aliphatic hydroxyl groups excluding tert-OH is 1. The second kappa shape index (κ2) is 4.42. The summed E-state index contributed by atoms with van der Waals surface area (Å²) >= 11 is 0. The highest BCUT2D eigenvalue weighted by atomic mass is 16.3. The lowest BCUT2D eigenvalue weighted by atomic mass is 10.1. The van der Waals surface area contributed by atoms with E-state index in [2.05, 4.69) is 9.89 Å². The molecule has 3 N–H and O–H groups in total. The summed E-state index contributed by atoms with van der Waals surface area (Å²) in [7, 11) is 0. The van der Waals surface area contributed by atoms with Crippen molar-refractivity contribution in [1.82, 2.24) is 0 Å². The summed E-state index contributed by atoms with van der Waals surface area (Å²) in [5, 5.41) is 8.91. The Morgan fingerprint density at radius 2 is 2.13 bits per heavy atom. The summed E-state index contributed by atoms with van der Waals surface area (Å²) in [5.41, 5.74) is 7.78. The van der Waals surface area contributed by atoms with Crippen LogP contribution in [-0.2, 0) is 0 Å². The molecule has 1 atom stereocenters. The summed E-state index contributed by atoms with van der Waals surface area (Å²) in [5.74, 6) is 0. The van der Waals surface area contributed by atoms with Crippen LogP contribution in [0.2, 0.25) is 0 Å². The SMILES string of the molecule is NC(CO)c1ccc(N2C=NCC2)cc1. The number of hydrogen-bond donors (Lipinski definition) is 2. The number of aliphatic imine (C=N–C) groups is 1. The zero-order valence-corrected chi connectivity index (χ0v) is 8.50. The molecule has 1 aliphatic rings. The smallest absolute Gasteiger partial charge is 0.0895 e. The Hall–Kier alpha value is -1.39. The van der Waals surface area contributed by atoms with Gasteiger partial charge >= 0.3 is 0 Å². The highest BCUT2D eigenvalue weighted by Crippen LogP contribution is 2.18. The van der Waals surface area contributed by atoms with E-state index in [1.54, 1.807) is 0 Å². The van der Waals surface area contributed by atoms with Gasteiger partial charge in [-0.3, -0.25) is 4.99 Å². The van der Waals surface area contributed by atoms with Gasteiger partial charge in [0.25, 0.3) is 0 Å². The number of aliphatic hydroxyl groups is 1. The Labute approximate surface area is 89.0 Å². The molecule has 0 fully saturated rings. The minimum Gasteiger partial charge on any atom is -0.394 e. The lowest BCUT2D eigenvalue weighted by molar-refractivity contribution is 0.268.